The average Bonchev–Trinajstić information content (AvgIpc) is 2.91. The SMILES string of the molecule is COCCCNC(=O)c1sc(COc2ccccc2)nc1C. The lowest BCUT2D eigenvalue weighted by Gasteiger charge is -2.03. The van der Waals surface area contributed by atoms with Gasteiger partial charge in [-0.3, -0.25) is 4.79 Å². The minimum absolute atomic E-state index is 0.0861. The quantitative estimate of drug-likeness (QED) is 0.760. The summed E-state index contributed by atoms with van der Waals surface area (Å²) in [6.07, 6.45) is 0.796. The van der Waals surface area contributed by atoms with Crippen LogP contribution in [-0.2, 0) is 11.3 Å². The lowest BCUT2D eigenvalue weighted by atomic mass is 10.3. The second-order valence-electron chi connectivity index (χ2n) is 4.73. The topological polar surface area (TPSA) is 60.5 Å². The molecule has 0 atom stereocenters. The Hall–Kier alpha value is -1.92. The number of aromatic nitrogens is 1. The van der Waals surface area contributed by atoms with Gasteiger partial charge in [-0.05, 0) is 25.5 Å². The van der Waals surface area contributed by atoms with Crippen molar-refractivity contribution in [2.75, 3.05) is 20.3 Å². The highest BCUT2D eigenvalue weighted by Gasteiger charge is 2.15. The molecule has 1 N–H and O–H groups in total. The first-order valence-electron chi connectivity index (χ1n) is 7.12. The molecule has 0 saturated carbocycles. The zero-order valence-electron chi connectivity index (χ0n) is 12.8. The number of hydrogen-bond acceptors (Lipinski definition) is 5. The Morgan fingerprint density at radius 2 is 2.09 bits per heavy atom. The van der Waals surface area contributed by atoms with E-state index in [1.807, 2.05) is 37.3 Å². The van der Waals surface area contributed by atoms with Crippen LogP contribution < -0.4 is 10.1 Å². The molecular weight excluding hydrogens is 300 g/mol. The molecule has 2 rings (SSSR count). The number of aryl methyl sites for hydroxylation is 1. The number of hydrogen-bond donors (Lipinski definition) is 1. The van der Waals surface area contributed by atoms with Crippen LogP contribution in [0.25, 0.3) is 0 Å². The fourth-order valence-corrected chi connectivity index (χ4v) is 2.78. The summed E-state index contributed by atoms with van der Waals surface area (Å²) in [6.45, 7) is 3.44. The van der Waals surface area contributed by atoms with Crippen LogP contribution in [-0.4, -0.2) is 31.2 Å². The van der Waals surface area contributed by atoms with E-state index >= 15 is 0 Å². The normalized spacial score (nSPS) is 10.5. The van der Waals surface area contributed by atoms with Gasteiger partial charge in [0.15, 0.2) is 0 Å². The molecule has 5 nitrogen and oxygen atoms in total. The lowest BCUT2D eigenvalue weighted by Crippen LogP contribution is -2.24. The number of para-hydroxylation sites is 1. The van der Waals surface area contributed by atoms with Gasteiger partial charge in [0.1, 0.15) is 22.2 Å². The van der Waals surface area contributed by atoms with E-state index in [2.05, 4.69) is 10.3 Å². The summed E-state index contributed by atoms with van der Waals surface area (Å²) in [6, 6.07) is 9.56. The average molecular weight is 320 g/mol. The van der Waals surface area contributed by atoms with E-state index in [0.29, 0.717) is 24.6 Å². The summed E-state index contributed by atoms with van der Waals surface area (Å²) in [5, 5.41) is 3.67. The summed E-state index contributed by atoms with van der Waals surface area (Å²) in [4.78, 5) is 17.1. The molecule has 0 aliphatic rings. The Bertz CT molecular complexity index is 599. The molecular formula is C16H20N2O3S. The van der Waals surface area contributed by atoms with Crippen molar-refractivity contribution in [1.29, 1.82) is 0 Å². The van der Waals surface area contributed by atoms with Crippen LogP contribution in [0.5, 0.6) is 5.75 Å². The maximum atomic E-state index is 12.1. The fraction of sp³-hybridized carbons (Fsp3) is 0.375. The molecule has 1 aromatic heterocycles. The van der Waals surface area contributed by atoms with E-state index in [-0.39, 0.29) is 5.91 Å². The standard InChI is InChI=1S/C16H20N2O3S/c1-12-15(16(19)17-9-6-10-20-2)22-14(18-12)11-21-13-7-4-3-5-8-13/h3-5,7-8H,6,9-11H2,1-2H3,(H,17,19). The highest BCUT2D eigenvalue weighted by atomic mass is 32.1. The molecule has 0 unspecified atom stereocenters. The molecule has 1 amide bonds. The van der Waals surface area contributed by atoms with E-state index in [9.17, 15) is 4.79 Å². The van der Waals surface area contributed by atoms with Gasteiger partial charge in [0.25, 0.3) is 5.91 Å². The number of carbonyl (C=O) groups is 1. The third-order valence-corrected chi connectivity index (χ3v) is 4.09. The van der Waals surface area contributed by atoms with Crippen LogP contribution in [0, 0.1) is 6.92 Å². The number of thiazole rings is 1. The van der Waals surface area contributed by atoms with Crippen LogP contribution in [0.15, 0.2) is 30.3 Å². The molecule has 0 radical (unpaired) electrons. The third-order valence-electron chi connectivity index (χ3n) is 2.96. The van der Waals surface area contributed by atoms with Crippen LogP contribution in [0.4, 0.5) is 0 Å². The van der Waals surface area contributed by atoms with Gasteiger partial charge in [0.05, 0.1) is 5.69 Å². The van der Waals surface area contributed by atoms with Crippen molar-refractivity contribution in [1.82, 2.24) is 10.3 Å². The number of nitrogens with zero attached hydrogens (tertiary/aromatic N) is 1. The van der Waals surface area contributed by atoms with Crippen molar-refractivity contribution in [3.05, 3.63) is 45.9 Å². The molecule has 0 saturated heterocycles. The van der Waals surface area contributed by atoms with Gasteiger partial charge in [-0.15, -0.1) is 11.3 Å². The van der Waals surface area contributed by atoms with Gasteiger partial charge >= 0.3 is 0 Å². The van der Waals surface area contributed by atoms with E-state index in [1.165, 1.54) is 11.3 Å². The Morgan fingerprint density at radius 3 is 2.82 bits per heavy atom. The van der Waals surface area contributed by atoms with Gasteiger partial charge in [-0.2, -0.15) is 0 Å². The predicted octanol–water partition coefficient (Wildman–Crippen LogP) is 2.80. The van der Waals surface area contributed by atoms with Crippen LogP contribution in [0.3, 0.4) is 0 Å². The number of ether oxygens (including phenoxy) is 2. The molecule has 0 fully saturated rings. The van der Waals surface area contributed by atoms with Crippen molar-refractivity contribution >= 4 is 17.2 Å². The molecule has 0 aliphatic heterocycles. The number of rotatable bonds is 8. The van der Waals surface area contributed by atoms with Gasteiger partial charge in [0.2, 0.25) is 0 Å². The molecule has 0 spiro atoms. The Labute approximate surface area is 134 Å². The van der Waals surface area contributed by atoms with Gasteiger partial charge in [0, 0.05) is 20.3 Å². The van der Waals surface area contributed by atoms with E-state index in [1.54, 1.807) is 7.11 Å². The highest BCUT2D eigenvalue weighted by Crippen LogP contribution is 2.20. The molecule has 0 bridgehead atoms. The number of carbonyl (C=O) groups excluding carboxylic acids is 1. The summed E-state index contributed by atoms with van der Waals surface area (Å²) < 4.78 is 10.6. The summed E-state index contributed by atoms with van der Waals surface area (Å²) in [5.74, 6) is 0.706. The smallest absolute Gasteiger partial charge is 0.263 e. The van der Waals surface area contributed by atoms with Crippen molar-refractivity contribution in [3.8, 4) is 5.75 Å². The minimum atomic E-state index is -0.0861. The number of amides is 1. The molecule has 118 valence electrons. The van der Waals surface area contributed by atoms with Crippen LogP contribution in [0.2, 0.25) is 0 Å². The summed E-state index contributed by atoms with van der Waals surface area (Å²) in [7, 11) is 1.65. The highest BCUT2D eigenvalue weighted by molar-refractivity contribution is 7.13. The molecule has 0 aliphatic carbocycles. The third kappa shape index (κ3) is 4.82. The fourth-order valence-electron chi connectivity index (χ4n) is 1.89. The molecule has 2 aromatic rings. The number of methoxy groups -OCH3 is 1. The van der Waals surface area contributed by atoms with E-state index < -0.39 is 0 Å². The Morgan fingerprint density at radius 1 is 1.32 bits per heavy atom. The lowest BCUT2D eigenvalue weighted by molar-refractivity contribution is 0.0952. The zero-order valence-corrected chi connectivity index (χ0v) is 13.6. The van der Waals surface area contributed by atoms with E-state index in [4.69, 9.17) is 9.47 Å². The maximum Gasteiger partial charge on any atom is 0.263 e. The first-order chi connectivity index (χ1) is 10.7. The van der Waals surface area contributed by atoms with Gasteiger partial charge in [-0.25, -0.2) is 4.98 Å². The van der Waals surface area contributed by atoms with Crippen LogP contribution >= 0.6 is 11.3 Å². The van der Waals surface area contributed by atoms with Gasteiger partial charge in [-0.1, -0.05) is 18.2 Å². The van der Waals surface area contributed by atoms with Crippen molar-refractivity contribution in [3.63, 3.8) is 0 Å². The predicted molar refractivity (Wildman–Crippen MR) is 86.5 cm³/mol. The molecule has 6 heteroatoms. The van der Waals surface area contributed by atoms with E-state index in [0.717, 1.165) is 22.9 Å². The van der Waals surface area contributed by atoms with Crippen molar-refractivity contribution < 1.29 is 14.3 Å². The largest absolute Gasteiger partial charge is 0.486 e. The van der Waals surface area contributed by atoms with Gasteiger partial charge < -0.3 is 14.8 Å². The zero-order chi connectivity index (χ0) is 15.8. The Kier molecular flexibility index (Phi) is 6.36. The number of benzene rings is 1. The summed E-state index contributed by atoms with van der Waals surface area (Å²) >= 11 is 1.37. The molecule has 1 aromatic carbocycles. The van der Waals surface area contributed by atoms with Crippen molar-refractivity contribution in [2.45, 2.75) is 20.0 Å². The second kappa shape index (κ2) is 8.51. The summed E-state index contributed by atoms with van der Waals surface area (Å²) in [5.41, 5.74) is 0.737. The minimum Gasteiger partial charge on any atom is -0.486 e. The first kappa shape index (κ1) is 16.5. The molecule has 1 heterocycles. The Balaban J connectivity index is 1.88. The monoisotopic (exact) mass is 320 g/mol. The van der Waals surface area contributed by atoms with Crippen LogP contribution in [0.1, 0.15) is 26.8 Å². The van der Waals surface area contributed by atoms with Crippen molar-refractivity contribution in [2.24, 2.45) is 0 Å². The number of nitrogens with one attached hydrogen (secondary N) is 1. The second-order valence-corrected chi connectivity index (χ2v) is 5.81. The first-order valence-corrected chi connectivity index (χ1v) is 7.93. The maximum absolute atomic E-state index is 12.1. The molecule has 22 heavy (non-hydrogen) atoms.